The largest absolute Gasteiger partial charge is 0.462 e. The van der Waals surface area contributed by atoms with E-state index < -0.39 is 12.1 Å². The van der Waals surface area contributed by atoms with E-state index in [0.717, 1.165) is 83.5 Å². The Labute approximate surface area is 294 Å². The zero-order chi connectivity index (χ0) is 35.0. The van der Waals surface area contributed by atoms with Crippen molar-refractivity contribution >= 4 is 11.9 Å². The molecular weight excluding hydrogens is 596 g/mol. The second kappa shape index (κ2) is 38.3. The first kappa shape index (κ1) is 44.8. The molecule has 1 N–H and O–H groups in total. The maximum Gasteiger partial charge on any atom is 0.306 e. The molecule has 0 saturated heterocycles. The van der Waals surface area contributed by atoms with Crippen LogP contribution in [0.2, 0.25) is 0 Å². The van der Waals surface area contributed by atoms with Crippen LogP contribution in [0.3, 0.4) is 0 Å². The third-order valence-electron chi connectivity index (χ3n) is 7.38. The quantitative estimate of drug-likeness (QED) is 0.0440. The van der Waals surface area contributed by atoms with Crippen molar-refractivity contribution in [2.75, 3.05) is 13.2 Å². The minimum Gasteiger partial charge on any atom is -0.462 e. The van der Waals surface area contributed by atoms with Crippen LogP contribution < -0.4 is 0 Å². The standard InChI is InChI=1S/C43H68O5/c1-3-5-7-9-11-13-15-17-19-20-21-22-24-26-28-30-32-34-36-38-43(46)48-41(39-44)40-47-42(45)37-35-33-31-29-27-25-23-18-16-14-12-10-8-6-4-2/h6,8,11-14,17-19,21-23,26,28,32,34,41,44H,3-5,7,9-10,15-16,20,24-25,27,29-31,33,35-40H2,1-2H3. The molecule has 0 bridgehead atoms. The van der Waals surface area contributed by atoms with Gasteiger partial charge in [-0.15, -0.1) is 0 Å². The van der Waals surface area contributed by atoms with Gasteiger partial charge < -0.3 is 14.6 Å². The molecule has 0 heterocycles. The summed E-state index contributed by atoms with van der Waals surface area (Å²) in [6.07, 6.45) is 53.3. The number of unbranched alkanes of at least 4 members (excludes halogenated alkanes) is 8. The average molecular weight is 665 g/mol. The molecule has 0 saturated carbocycles. The Kier molecular flexibility index (Phi) is 35.7. The summed E-state index contributed by atoms with van der Waals surface area (Å²) in [4.78, 5) is 24.2. The van der Waals surface area contributed by atoms with E-state index in [0.29, 0.717) is 12.8 Å². The van der Waals surface area contributed by atoms with Crippen molar-refractivity contribution in [3.8, 4) is 0 Å². The second-order valence-corrected chi connectivity index (χ2v) is 11.9. The number of carbonyl (C=O) groups excluding carboxylic acids is 2. The van der Waals surface area contributed by atoms with Crippen molar-refractivity contribution in [2.24, 2.45) is 0 Å². The molecule has 0 aliphatic carbocycles. The molecule has 0 amide bonds. The summed E-state index contributed by atoms with van der Waals surface area (Å²) < 4.78 is 10.5. The smallest absolute Gasteiger partial charge is 0.306 e. The van der Waals surface area contributed by atoms with E-state index in [1.807, 2.05) is 12.2 Å². The zero-order valence-corrected chi connectivity index (χ0v) is 30.5. The van der Waals surface area contributed by atoms with Crippen LogP contribution in [0.25, 0.3) is 0 Å². The van der Waals surface area contributed by atoms with Crippen LogP contribution in [0.4, 0.5) is 0 Å². The number of hydrogen-bond acceptors (Lipinski definition) is 5. The minimum atomic E-state index is -0.824. The van der Waals surface area contributed by atoms with Gasteiger partial charge in [0.05, 0.1) is 6.61 Å². The third-order valence-corrected chi connectivity index (χ3v) is 7.38. The Hall–Kier alpha value is -3.18. The minimum absolute atomic E-state index is 0.111. The molecule has 0 aliphatic heterocycles. The van der Waals surface area contributed by atoms with Gasteiger partial charge in [-0.3, -0.25) is 9.59 Å². The van der Waals surface area contributed by atoms with Crippen molar-refractivity contribution in [3.05, 3.63) is 97.2 Å². The highest BCUT2D eigenvalue weighted by atomic mass is 16.6. The zero-order valence-electron chi connectivity index (χ0n) is 30.5. The SMILES string of the molecule is CCC=CCC=CCC=CCCCCCCCC(=O)OCC(CO)OC(=O)CCC=CCC=CCC=CCC=CCC=CCCCCC. The fourth-order valence-electron chi connectivity index (χ4n) is 4.55. The van der Waals surface area contributed by atoms with Crippen molar-refractivity contribution in [3.63, 3.8) is 0 Å². The normalized spacial score (nSPS) is 13.3. The van der Waals surface area contributed by atoms with Gasteiger partial charge in [0.1, 0.15) is 6.61 Å². The molecule has 5 heteroatoms. The van der Waals surface area contributed by atoms with Gasteiger partial charge >= 0.3 is 11.9 Å². The van der Waals surface area contributed by atoms with Crippen LogP contribution >= 0.6 is 0 Å². The van der Waals surface area contributed by atoms with E-state index in [9.17, 15) is 14.7 Å². The first-order chi connectivity index (χ1) is 23.6. The lowest BCUT2D eigenvalue weighted by Gasteiger charge is -2.15. The lowest BCUT2D eigenvalue weighted by molar-refractivity contribution is -0.161. The number of esters is 2. The number of allylic oxidation sites excluding steroid dienone is 16. The highest BCUT2D eigenvalue weighted by Gasteiger charge is 2.15. The van der Waals surface area contributed by atoms with Gasteiger partial charge in [-0.05, 0) is 83.5 Å². The molecule has 270 valence electrons. The van der Waals surface area contributed by atoms with Gasteiger partial charge in [-0.25, -0.2) is 0 Å². The summed E-state index contributed by atoms with van der Waals surface area (Å²) in [6, 6.07) is 0. The molecule has 0 aromatic heterocycles. The van der Waals surface area contributed by atoms with E-state index in [2.05, 4.69) is 98.9 Å². The van der Waals surface area contributed by atoms with Crippen LogP contribution in [0.15, 0.2) is 97.2 Å². The van der Waals surface area contributed by atoms with Crippen LogP contribution in [-0.2, 0) is 19.1 Å². The topological polar surface area (TPSA) is 72.8 Å². The predicted octanol–water partition coefficient (Wildman–Crippen LogP) is 11.7. The molecule has 0 rings (SSSR count). The molecule has 1 unspecified atom stereocenters. The molecular formula is C43H68O5. The fourth-order valence-corrected chi connectivity index (χ4v) is 4.55. The summed E-state index contributed by atoms with van der Waals surface area (Å²) >= 11 is 0. The molecule has 0 aromatic carbocycles. The number of ether oxygens (including phenoxy) is 2. The van der Waals surface area contributed by atoms with Crippen molar-refractivity contribution < 1.29 is 24.2 Å². The van der Waals surface area contributed by atoms with E-state index >= 15 is 0 Å². The van der Waals surface area contributed by atoms with E-state index in [1.54, 1.807) is 0 Å². The third kappa shape index (κ3) is 35.7. The van der Waals surface area contributed by atoms with E-state index in [1.165, 1.54) is 25.7 Å². The Morgan fingerprint density at radius 3 is 1.44 bits per heavy atom. The van der Waals surface area contributed by atoms with Gasteiger partial charge in [0.2, 0.25) is 0 Å². The van der Waals surface area contributed by atoms with Crippen molar-refractivity contribution in [1.82, 2.24) is 0 Å². The Morgan fingerprint density at radius 1 is 0.500 bits per heavy atom. The van der Waals surface area contributed by atoms with E-state index in [-0.39, 0.29) is 25.6 Å². The summed E-state index contributed by atoms with van der Waals surface area (Å²) in [5.41, 5.74) is 0. The number of carbonyl (C=O) groups is 2. The number of rotatable bonds is 32. The molecule has 0 fully saturated rings. The summed E-state index contributed by atoms with van der Waals surface area (Å²) in [5.74, 6) is -0.718. The second-order valence-electron chi connectivity index (χ2n) is 11.9. The lowest BCUT2D eigenvalue weighted by atomic mass is 10.1. The van der Waals surface area contributed by atoms with Crippen LogP contribution in [0.5, 0.6) is 0 Å². The van der Waals surface area contributed by atoms with Crippen LogP contribution in [0.1, 0.15) is 142 Å². The predicted molar refractivity (Wildman–Crippen MR) is 205 cm³/mol. The molecule has 5 nitrogen and oxygen atoms in total. The molecule has 48 heavy (non-hydrogen) atoms. The van der Waals surface area contributed by atoms with Gasteiger partial charge in [0, 0.05) is 12.8 Å². The van der Waals surface area contributed by atoms with Crippen molar-refractivity contribution in [1.29, 1.82) is 0 Å². The van der Waals surface area contributed by atoms with Crippen LogP contribution in [-0.4, -0.2) is 36.4 Å². The Bertz CT molecular complexity index is 979. The van der Waals surface area contributed by atoms with Gasteiger partial charge in [-0.2, -0.15) is 0 Å². The fraction of sp³-hybridized carbons (Fsp3) is 0.581. The number of hydrogen-bond donors (Lipinski definition) is 1. The monoisotopic (exact) mass is 665 g/mol. The maximum atomic E-state index is 12.1. The van der Waals surface area contributed by atoms with Gasteiger partial charge in [0.25, 0.3) is 0 Å². The first-order valence-corrected chi connectivity index (χ1v) is 18.8. The number of aliphatic hydroxyl groups excluding tert-OH is 1. The van der Waals surface area contributed by atoms with Crippen molar-refractivity contribution in [2.45, 2.75) is 148 Å². The summed E-state index contributed by atoms with van der Waals surface area (Å²) in [5, 5.41) is 9.53. The molecule has 0 spiro atoms. The maximum absolute atomic E-state index is 12.1. The molecule has 0 aliphatic rings. The summed E-state index contributed by atoms with van der Waals surface area (Å²) in [6.45, 7) is 3.89. The van der Waals surface area contributed by atoms with Crippen LogP contribution in [0, 0.1) is 0 Å². The summed E-state index contributed by atoms with van der Waals surface area (Å²) in [7, 11) is 0. The molecule has 1 atom stereocenters. The van der Waals surface area contributed by atoms with E-state index in [4.69, 9.17) is 9.47 Å². The molecule has 0 aromatic rings. The number of aliphatic hydroxyl groups is 1. The Balaban J connectivity index is 3.77. The Morgan fingerprint density at radius 2 is 0.938 bits per heavy atom. The average Bonchev–Trinajstić information content (AvgIpc) is 3.09. The highest BCUT2D eigenvalue weighted by molar-refractivity contribution is 5.70. The molecule has 0 radical (unpaired) electrons. The lowest BCUT2D eigenvalue weighted by Crippen LogP contribution is -2.28. The highest BCUT2D eigenvalue weighted by Crippen LogP contribution is 2.09. The first-order valence-electron chi connectivity index (χ1n) is 18.8. The van der Waals surface area contributed by atoms with Gasteiger partial charge in [-0.1, -0.05) is 143 Å². The van der Waals surface area contributed by atoms with Gasteiger partial charge in [0.15, 0.2) is 6.10 Å².